The highest BCUT2D eigenvalue weighted by Gasteiger charge is 2.10. The summed E-state index contributed by atoms with van der Waals surface area (Å²) >= 11 is 3.14. The fraction of sp³-hybridized carbons (Fsp3) is 0.250. The minimum atomic E-state index is -0.225. The van der Waals surface area contributed by atoms with Crippen LogP contribution in [0.3, 0.4) is 0 Å². The van der Waals surface area contributed by atoms with Crippen LogP contribution in [-0.2, 0) is 15.3 Å². The average Bonchev–Trinajstić information content (AvgIpc) is 3.06. The van der Waals surface area contributed by atoms with Crippen molar-refractivity contribution in [2.45, 2.75) is 19.6 Å². The van der Waals surface area contributed by atoms with E-state index in [1.807, 2.05) is 56.3 Å². The van der Waals surface area contributed by atoms with E-state index >= 15 is 0 Å². The molecule has 0 fully saturated rings. The Balaban J connectivity index is 1.41. The van der Waals surface area contributed by atoms with Crippen molar-refractivity contribution in [1.82, 2.24) is 10.3 Å². The molecule has 7 heteroatoms. The lowest BCUT2D eigenvalue weighted by Crippen LogP contribution is -2.34. The molecule has 140 valence electrons. The van der Waals surface area contributed by atoms with Gasteiger partial charge in [-0.1, -0.05) is 30.3 Å². The van der Waals surface area contributed by atoms with Crippen LogP contribution in [0.1, 0.15) is 16.1 Å². The fourth-order valence-electron chi connectivity index (χ4n) is 2.64. The summed E-state index contributed by atoms with van der Waals surface area (Å²) in [5.41, 5.74) is 3.80. The predicted octanol–water partition coefficient (Wildman–Crippen LogP) is 3.90. The average molecular weight is 400 g/mol. The van der Waals surface area contributed by atoms with Gasteiger partial charge in [0.2, 0.25) is 11.8 Å². The highest BCUT2D eigenvalue weighted by Crippen LogP contribution is 2.24. The van der Waals surface area contributed by atoms with Gasteiger partial charge >= 0.3 is 0 Å². The van der Waals surface area contributed by atoms with E-state index in [4.69, 9.17) is 0 Å². The molecule has 1 aromatic heterocycles. The number of amides is 2. The van der Waals surface area contributed by atoms with Crippen LogP contribution >= 0.6 is 23.1 Å². The van der Waals surface area contributed by atoms with Crippen molar-refractivity contribution in [3.8, 4) is 0 Å². The van der Waals surface area contributed by atoms with Crippen molar-refractivity contribution >= 4 is 50.8 Å². The van der Waals surface area contributed by atoms with Crippen molar-refractivity contribution in [1.29, 1.82) is 0 Å². The third kappa shape index (κ3) is 5.30. The fourth-order valence-corrected chi connectivity index (χ4v) is 4.51. The summed E-state index contributed by atoms with van der Waals surface area (Å²) in [5, 5.41) is 6.53. The van der Waals surface area contributed by atoms with Crippen LogP contribution in [0.4, 0.5) is 5.69 Å². The maximum atomic E-state index is 12.1. The monoisotopic (exact) mass is 399 g/mol. The first-order chi connectivity index (χ1) is 13.0. The van der Waals surface area contributed by atoms with Gasteiger partial charge in [-0.3, -0.25) is 9.59 Å². The van der Waals surface area contributed by atoms with Crippen LogP contribution in [-0.4, -0.2) is 29.1 Å². The molecular formula is C20H21N3O2S2. The lowest BCUT2D eigenvalue weighted by Gasteiger charge is -2.11. The first-order valence-corrected chi connectivity index (χ1v) is 10.5. The first kappa shape index (κ1) is 19.4. The van der Waals surface area contributed by atoms with Gasteiger partial charge in [-0.25, -0.2) is 4.98 Å². The Morgan fingerprint density at radius 1 is 1.04 bits per heavy atom. The van der Waals surface area contributed by atoms with Crippen LogP contribution in [0.25, 0.3) is 10.2 Å². The molecule has 0 bridgehead atoms. The van der Waals surface area contributed by atoms with Gasteiger partial charge in [-0.2, -0.15) is 0 Å². The molecule has 2 N–H and O–H groups in total. The van der Waals surface area contributed by atoms with E-state index in [2.05, 4.69) is 15.6 Å². The molecule has 2 amide bonds. The molecule has 0 saturated carbocycles. The van der Waals surface area contributed by atoms with Gasteiger partial charge in [-0.15, -0.1) is 23.1 Å². The van der Waals surface area contributed by atoms with Crippen molar-refractivity contribution in [3.05, 3.63) is 58.6 Å². The molecule has 1 heterocycles. The number of thioether (sulfide) groups is 1. The van der Waals surface area contributed by atoms with Crippen molar-refractivity contribution in [2.75, 3.05) is 17.6 Å². The van der Waals surface area contributed by atoms with E-state index < -0.39 is 0 Å². The summed E-state index contributed by atoms with van der Waals surface area (Å²) in [4.78, 5) is 28.6. The number of rotatable bonds is 7. The number of thiazole rings is 1. The second-order valence-electron chi connectivity index (χ2n) is 6.16. The van der Waals surface area contributed by atoms with Crippen LogP contribution < -0.4 is 10.6 Å². The van der Waals surface area contributed by atoms with Crippen LogP contribution in [0.15, 0.2) is 42.5 Å². The molecule has 0 aliphatic heterocycles. The van der Waals surface area contributed by atoms with Gasteiger partial charge in [0, 0.05) is 11.4 Å². The third-order valence-corrected chi connectivity index (χ3v) is 6.15. The summed E-state index contributed by atoms with van der Waals surface area (Å²) in [6.07, 6.45) is 0. The van der Waals surface area contributed by atoms with Gasteiger partial charge in [-0.05, 0) is 37.1 Å². The van der Waals surface area contributed by atoms with Gasteiger partial charge < -0.3 is 10.6 Å². The van der Waals surface area contributed by atoms with E-state index in [-0.39, 0.29) is 18.4 Å². The van der Waals surface area contributed by atoms with Gasteiger partial charge in [0.05, 0.1) is 22.5 Å². The zero-order valence-corrected chi connectivity index (χ0v) is 16.9. The molecule has 0 spiro atoms. The largest absolute Gasteiger partial charge is 0.346 e. The smallest absolute Gasteiger partial charge is 0.243 e. The summed E-state index contributed by atoms with van der Waals surface area (Å²) in [7, 11) is 0. The third-order valence-electron chi connectivity index (χ3n) is 3.99. The molecule has 27 heavy (non-hydrogen) atoms. The minimum absolute atomic E-state index is 0.0334. The molecule has 0 atom stereocenters. The molecule has 3 rings (SSSR count). The van der Waals surface area contributed by atoms with E-state index in [1.165, 1.54) is 11.8 Å². The Labute approximate surface area is 166 Å². The molecule has 0 aliphatic rings. The SMILES string of the molecule is Cc1cccc(C)c1NC(=O)CNC(=O)CSCc1nc2ccccc2s1. The van der Waals surface area contributed by atoms with Crippen LogP contribution in [0, 0.1) is 13.8 Å². The number of fused-ring (bicyclic) bond motifs is 1. The highest BCUT2D eigenvalue weighted by atomic mass is 32.2. The number of nitrogens with zero attached hydrogens (tertiary/aromatic N) is 1. The predicted molar refractivity (Wildman–Crippen MR) is 113 cm³/mol. The summed E-state index contributed by atoms with van der Waals surface area (Å²) in [6, 6.07) is 13.8. The molecule has 5 nitrogen and oxygen atoms in total. The Bertz CT molecular complexity index is 916. The number of anilines is 1. The van der Waals surface area contributed by atoms with E-state index in [9.17, 15) is 9.59 Å². The molecule has 0 saturated heterocycles. The van der Waals surface area contributed by atoms with Crippen molar-refractivity contribution < 1.29 is 9.59 Å². The van der Waals surface area contributed by atoms with E-state index in [0.29, 0.717) is 11.5 Å². The van der Waals surface area contributed by atoms with Crippen molar-refractivity contribution in [2.24, 2.45) is 0 Å². The van der Waals surface area contributed by atoms with Crippen LogP contribution in [0.5, 0.6) is 0 Å². The second kappa shape index (κ2) is 9.01. The number of para-hydroxylation sites is 2. The molecule has 0 unspecified atom stereocenters. The number of hydrogen-bond donors (Lipinski definition) is 2. The molecule has 2 aromatic carbocycles. The second-order valence-corrected chi connectivity index (χ2v) is 8.26. The highest BCUT2D eigenvalue weighted by molar-refractivity contribution is 7.99. The Morgan fingerprint density at radius 2 is 1.78 bits per heavy atom. The quantitative estimate of drug-likeness (QED) is 0.632. The van der Waals surface area contributed by atoms with E-state index in [1.54, 1.807) is 11.3 Å². The standard InChI is InChI=1S/C20H21N3O2S2/c1-13-6-5-7-14(2)20(13)23-17(24)10-21-18(25)11-26-12-19-22-15-8-3-4-9-16(15)27-19/h3-9H,10-12H2,1-2H3,(H,21,25)(H,23,24). The first-order valence-electron chi connectivity index (χ1n) is 8.58. The van der Waals surface area contributed by atoms with Crippen LogP contribution in [0.2, 0.25) is 0 Å². The minimum Gasteiger partial charge on any atom is -0.346 e. The van der Waals surface area contributed by atoms with Gasteiger partial charge in [0.15, 0.2) is 0 Å². The Hall–Kier alpha value is -2.38. The number of hydrogen-bond acceptors (Lipinski definition) is 5. The summed E-state index contributed by atoms with van der Waals surface area (Å²) in [5.74, 6) is 0.600. The van der Waals surface area contributed by atoms with Gasteiger partial charge in [0.25, 0.3) is 0 Å². The molecular weight excluding hydrogens is 378 g/mol. The lowest BCUT2D eigenvalue weighted by atomic mass is 10.1. The van der Waals surface area contributed by atoms with E-state index in [0.717, 1.165) is 32.0 Å². The Morgan fingerprint density at radius 3 is 2.52 bits per heavy atom. The lowest BCUT2D eigenvalue weighted by molar-refractivity contribution is -0.122. The molecule has 3 aromatic rings. The summed E-state index contributed by atoms with van der Waals surface area (Å²) < 4.78 is 1.15. The van der Waals surface area contributed by atoms with Crippen molar-refractivity contribution in [3.63, 3.8) is 0 Å². The normalized spacial score (nSPS) is 10.7. The zero-order valence-electron chi connectivity index (χ0n) is 15.2. The molecule has 0 aliphatic carbocycles. The number of nitrogens with one attached hydrogen (secondary N) is 2. The molecule has 0 radical (unpaired) electrons. The summed E-state index contributed by atoms with van der Waals surface area (Å²) in [6.45, 7) is 3.86. The number of benzene rings is 2. The number of aryl methyl sites for hydroxylation is 2. The number of carbonyl (C=O) groups is 2. The number of aromatic nitrogens is 1. The maximum Gasteiger partial charge on any atom is 0.243 e. The topological polar surface area (TPSA) is 71.1 Å². The zero-order chi connectivity index (χ0) is 19.2. The Kier molecular flexibility index (Phi) is 6.47. The number of carbonyl (C=O) groups excluding carboxylic acids is 2. The van der Waals surface area contributed by atoms with Gasteiger partial charge in [0.1, 0.15) is 5.01 Å². The maximum absolute atomic E-state index is 12.1.